The summed E-state index contributed by atoms with van der Waals surface area (Å²) in [5.74, 6) is -0.356. The van der Waals surface area contributed by atoms with E-state index in [0.717, 1.165) is 5.56 Å². The van der Waals surface area contributed by atoms with Crippen LogP contribution in [0.5, 0.6) is 0 Å². The lowest BCUT2D eigenvalue weighted by Gasteiger charge is -2.22. The van der Waals surface area contributed by atoms with E-state index in [1.54, 1.807) is 17.5 Å². The maximum Gasteiger partial charge on any atom is 0.401 e. The molecule has 1 N–H and O–H groups in total. The molecule has 0 aliphatic heterocycles. The van der Waals surface area contributed by atoms with E-state index in [2.05, 4.69) is 4.98 Å². The molecule has 126 valence electrons. The van der Waals surface area contributed by atoms with Crippen molar-refractivity contribution in [2.45, 2.75) is 19.1 Å². The van der Waals surface area contributed by atoms with Crippen LogP contribution in [0.25, 0.3) is 10.6 Å². The van der Waals surface area contributed by atoms with Gasteiger partial charge in [-0.3, -0.25) is 4.90 Å². The molecule has 0 saturated heterocycles. The monoisotopic (exact) mass is 348 g/mol. The minimum atomic E-state index is -4.30. The summed E-state index contributed by atoms with van der Waals surface area (Å²) in [5.41, 5.74) is 1.25. The standard InChI is InChI=1S/C15H16F4N2OS/c16-12-4-2-11(3-5-12)14-20-13(9-23-14)8-21(6-1-7-22)10-15(17,18)19/h2-5,9,22H,1,6-8,10H2. The fourth-order valence-electron chi connectivity index (χ4n) is 2.10. The molecule has 0 amide bonds. The van der Waals surface area contributed by atoms with E-state index >= 15 is 0 Å². The number of aromatic nitrogens is 1. The van der Waals surface area contributed by atoms with Gasteiger partial charge in [0, 0.05) is 30.6 Å². The molecular formula is C15H16F4N2OS. The van der Waals surface area contributed by atoms with Gasteiger partial charge in [-0.2, -0.15) is 13.2 Å². The lowest BCUT2D eigenvalue weighted by molar-refractivity contribution is -0.147. The number of benzene rings is 1. The Bertz CT molecular complexity index is 613. The first-order valence-corrected chi connectivity index (χ1v) is 7.85. The Balaban J connectivity index is 2.06. The fraction of sp³-hybridized carbons (Fsp3) is 0.400. The summed E-state index contributed by atoms with van der Waals surface area (Å²) >= 11 is 1.30. The van der Waals surface area contributed by atoms with Crippen molar-refractivity contribution in [2.75, 3.05) is 19.7 Å². The van der Waals surface area contributed by atoms with Crippen molar-refractivity contribution in [3.63, 3.8) is 0 Å². The summed E-state index contributed by atoms with van der Waals surface area (Å²) in [6.07, 6.45) is -4.03. The summed E-state index contributed by atoms with van der Waals surface area (Å²) in [6.45, 7) is -1.01. The number of aliphatic hydroxyl groups is 1. The number of nitrogens with zero attached hydrogens (tertiary/aromatic N) is 2. The fourth-order valence-corrected chi connectivity index (χ4v) is 2.91. The van der Waals surface area contributed by atoms with E-state index in [-0.39, 0.29) is 31.9 Å². The Morgan fingerprint density at radius 2 is 1.87 bits per heavy atom. The van der Waals surface area contributed by atoms with Crippen LogP contribution in [0.3, 0.4) is 0 Å². The summed E-state index contributed by atoms with van der Waals surface area (Å²) in [6, 6.07) is 5.79. The Hall–Kier alpha value is -1.51. The molecule has 0 unspecified atom stereocenters. The molecule has 1 aromatic heterocycles. The zero-order valence-electron chi connectivity index (χ0n) is 12.2. The lowest BCUT2D eigenvalue weighted by Crippen LogP contribution is -2.35. The van der Waals surface area contributed by atoms with E-state index in [4.69, 9.17) is 5.11 Å². The van der Waals surface area contributed by atoms with Crippen molar-refractivity contribution in [3.05, 3.63) is 41.2 Å². The Morgan fingerprint density at radius 3 is 2.48 bits per heavy atom. The van der Waals surface area contributed by atoms with E-state index in [1.165, 1.54) is 28.4 Å². The average Bonchev–Trinajstić information content (AvgIpc) is 2.92. The lowest BCUT2D eigenvalue weighted by atomic mass is 10.2. The van der Waals surface area contributed by atoms with Gasteiger partial charge in [0.25, 0.3) is 0 Å². The topological polar surface area (TPSA) is 36.4 Å². The number of alkyl halides is 3. The van der Waals surface area contributed by atoms with Gasteiger partial charge < -0.3 is 5.11 Å². The maximum absolute atomic E-state index is 12.9. The first-order valence-electron chi connectivity index (χ1n) is 6.98. The third-order valence-corrected chi connectivity index (χ3v) is 4.00. The van der Waals surface area contributed by atoms with Crippen molar-refractivity contribution in [1.29, 1.82) is 0 Å². The smallest absolute Gasteiger partial charge is 0.396 e. The number of hydrogen-bond acceptors (Lipinski definition) is 4. The first-order chi connectivity index (χ1) is 10.9. The van der Waals surface area contributed by atoms with E-state index < -0.39 is 12.7 Å². The van der Waals surface area contributed by atoms with Crippen molar-refractivity contribution in [1.82, 2.24) is 9.88 Å². The molecule has 2 aromatic rings. The minimum Gasteiger partial charge on any atom is -0.396 e. The van der Waals surface area contributed by atoms with Crippen LogP contribution in [-0.4, -0.2) is 40.9 Å². The number of thiazole rings is 1. The molecule has 23 heavy (non-hydrogen) atoms. The van der Waals surface area contributed by atoms with Gasteiger partial charge in [0.1, 0.15) is 10.8 Å². The first kappa shape index (κ1) is 17.8. The molecule has 2 rings (SSSR count). The molecule has 0 radical (unpaired) electrons. The largest absolute Gasteiger partial charge is 0.401 e. The molecule has 0 fully saturated rings. The summed E-state index contributed by atoms with van der Waals surface area (Å²) in [7, 11) is 0. The normalized spacial score (nSPS) is 12.1. The van der Waals surface area contributed by atoms with Crippen LogP contribution in [0, 0.1) is 5.82 Å². The molecule has 3 nitrogen and oxygen atoms in total. The number of aliphatic hydroxyl groups excluding tert-OH is 1. The zero-order chi connectivity index (χ0) is 16.9. The number of halogens is 4. The predicted octanol–water partition coefficient (Wildman–Crippen LogP) is 3.70. The van der Waals surface area contributed by atoms with E-state index in [9.17, 15) is 17.6 Å². The molecule has 0 aliphatic rings. The van der Waals surface area contributed by atoms with Gasteiger partial charge in [-0.15, -0.1) is 11.3 Å². The van der Waals surface area contributed by atoms with Gasteiger partial charge in [-0.25, -0.2) is 9.37 Å². The molecule has 0 aliphatic carbocycles. The van der Waals surface area contributed by atoms with Gasteiger partial charge >= 0.3 is 6.18 Å². The van der Waals surface area contributed by atoms with Crippen LogP contribution in [0.1, 0.15) is 12.1 Å². The van der Waals surface area contributed by atoms with Gasteiger partial charge in [0.15, 0.2) is 0 Å². The molecule has 0 saturated carbocycles. The van der Waals surface area contributed by atoms with Gasteiger partial charge in [-0.1, -0.05) is 0 Å². The van der Waals surface area contributed by atoms with Crippen molar-refractivity contribution in [2.24, 2.45) is 0 Å². The Labute approximate surface area is 135 Å². The summed E-state index contributed by atoms with van der Waals surface area (Å²) in [5, 5.41) is 11.1. The van der Waals surface area contributed by atoms with E-state index in [0.29, 0.717) is 10.7 Å². The zero-order valence-corrected chi connectivity index (χ0v) is 13.0. The highest BCUT2D eigenvalue weighted by Gasteiger charge is 2.30. The Kier molecular flexibility index (Phi) is 6.09. The quantitative estimate of drug-likeness (QED) is 0.775. The predicted molar refractivity (Wildman–Crippen MR) is 80.5 cm³/mol. The van der Waals surface area contributed by atoms with Crippen LogP contribution in [0.2, 0.25) is 0 Å². The highest BCUT2D eigenvalue weighted by molar-refractivity contribution is 7.13. The molecule has 0 spiro atoms. The second kappa shape index (κ2) is 7.85. The molecule has 0 atom stereocenters. The number of hydrogen-bond donors (Lipinski definition) is 1. The third kappa shape index (κ3) is 5.89. The van der Waals surface area contributed by atoms with E-state index in [1.807, 2.05) is 0 Å². The van der Waals surface area contributed by atoms with Crippen molar-refractivity contribution < 1.29 is 22.7 Å². The molecule has 1 aromatic carbocycles. The molecule has 1 heterocycles. The van der Waals surface area contributed by atoms with Gasteiger partial charge in [0.05, 0.1) is 12.2 Å². The van der Waals surface area contributed by atoms with Crippen molar-refractivity contribution >= 4 is 11.3 Å². The average molecular weight is 348 g/mol. The van der Waals surface area contributed by atoms with Gasteiger partial charge in [0.2, 0.25) is 0 Å². The second-order valence-electron chi connectivity index (χ2n) is 5.05. The summed E-state index contributed by atoms with van der Waals surface area (Å²) in [4.78, 5) is 5.52. The van der Waals surface area contributed by atoms with Crippen LogP contribution in [0.4, 0.5) is 17.6 Å². The summed E-state index contributed by atoms with van der Waals surface area (Å²) < 4.78 is 50.7. The Morgan fingerprint density at radius 1 is 1.17 bits per heavy atom. The highest BCUT2D eigenvalue weighted by Crippen LogP contribution is 2.25. The second-order valence-corrected chi connectivity index (χ2v) is 5.91. The molecular weight excluding hydrogens is 332 g/mol. The van der Waals surface area contributed by atoms with Crippen LogP contribution in [-0.2, 0) is 6.54 Å². The van der Waals surface area contributed by atoms with Crippen LogP contribution >= 0.6 is 11.3 Å². The number of rotatable bonds is 7. The molecule has 8 heteroatoms. The highest BCUT2D eigenvalue weighted by atomic mass is 32.1. The van der Waals surface area contributed by atoms with Crippen LogP contribution in [0.15, 0.2) is 29.6 Å². The molecule has 0 bridgehead atoms. The van der Waals surface area contributed by atoms with Crippen molar-refractivity contribution in [3.8, 4) is 10.6 Å². The van der Waals surface area contributed by atoms with Crippen LogP contribution < -0.4 is 0 Å². The van der Waals surface area contributed by atoms with Gasteiger partial charge in [-0.05, 0) is 30.7 Å². The third-order valence-electron chi connectivity index (χ3n) is 3.06. The SMILES string of the molecule is OCCCN(Cc1csc(-c2ccc(F)cc2)n1)CC(F)(F)F. The minimum absolute atomic E-state index is 0.0528. The maximum atomic E-state index is 12.9.